The predicted molar refractivity (Wildman–Crippen MR) is 66.8 cm³/mol. The van der Waals surface area contributed by atoms with Crippen LogP contribution in [0.3, 0.4) is 0 Å². The molecule has 90 valence electrons. The predicted octanol–water partition coefficient (Wildman–Crippen LogP) is 1.66. The Morgan fingerprint density at radius 1 is 1.06 bits per heavy atom. The molecule has 0 aromatic heterocycles. The second kappa shape index (κ2) is 4.04. The zero-order valence-corrected chi connectivity index (χ0v) is 9.81. The number of nitrogens with one attached hydrogen (secondary N) is 2. The van der Waals surface area contributed by atoms with Crippen LogP contribution in [0.4, 0.5) is 10.5 Å². The fourth-order valence-electron chi connectivity index (χ4n) is 3.12. The smallest absolute Gasteiger partial charge is 0.306 e. The average molecular weight is 231 g/mol. The molecule has 2 aliphatic carbocycles. The van der Waals surface area contributed by atoms with Gasteiger partial charge in [-0.3, -0.25) is 5.43 Å². The summed E-state index contributed by atoms with van der Waals surface area (Å²) in [5.74, 6) is 5.15. The Morgan fingerprint density at radius 3 is 2.18 bits per heavy atom. The van der Waals surface area contributed by atoms with Crippen molar-refractivity contribution in [3.8, 4) is 0 Å². The maximum atomic E-state index is 11.4. The number of anilines is 1. The first-order valence-corrected chi connectivity index (χ1v) is 6.23. The summed E-state index contributed by atoms with van der Waals surface area (Å²) in [6, 6.07) is 2.02. The molecule has 2 aliphatic rings. The van der Waals surface area contributed by atoms with E-state index in [0.29, 0.717) is 0 Å². The lowest BCUT2D eigenvalue weighted by atomic mass is 9.99. The summed E-state index contributed by atoms with van der Waals surface area (Å²) in [5.41, 5.74) is 8.67. The highest BCUT2D eigenvalue weighted by Gasteiger charge is 2.24. The summed E-state index contributed by atoms with van der Waals surface area (Å²) < 4.78 is 0. The van der Waals surface area contributed by atoms with Gasteiger partial charge in [-0.15, -0.1) is 0 Å². The number of carbonyl (C=O) groups excluding carboxylic acids is 1. The highest BCUT2D eigenvalue weighted by Crippen LogP contribution is 2.38. The number of nitrogens with two attached hydrogens (primary N) is 1. The molecule has 2 amide bonds. The molecule has 17 heavy (non-hydrogen) atoms. The van der Waals surface area contributed by atoms with Gasteiger partial charge in [0.15, 0.2) is 0 Å². The van der Waals surface area contributed by atoms with Gasteiger partial charge < -0.3 is 5.32 Å². The number of benzene rings is 1. The maximum Gasteiger partial charge on any atom is 0.333 e. The van der Waals surface area contributed by atoms with E-state index in [1.165, 1.54) is 35.1 Å². The normalized spacial score (nSPS) is 16.5. The van der Waals surface area contributed by atoms with Gasteiger partial charge in [-0.1, -0.05) is 6.07 Å². The first-order chi connectivity index (χ1) is 8.29. The van der Waals surface area contributed by atoms with Gasteiger partial charge in [-0.25, -0.2) is 10.6 Å². The number of aryl methyl sites for hydroxylation is 2. The lowest BCUT2D eigenvalue weighted by Gasteiger charge is -2.15. The van der Waals surface area contributed by atoms with Crippen LogP contribution in [0.15, 0.2) is 6.07 Å². The molecule has 0 unspecified atom stereocenters. The second-order valence-electron chi connectivity index (χ2n) is 4.83. The number of carbonyl (C=O) groups is 1. The van der Waals surface area contributed by atoms with Crippen molar-refractivity contribution in [2.24, 2.45) is 5.84 Å². The Morgan fingerprint density at radius 2 is 1.65 bits per heavy atom. The molecule has 0 bridgehead atoms. The van der Waals surface area contributed by atoms with E-state index < -0.39 is 0 Å². The van der Waals surface area contributed by atoms with Crippen molar-refractivity contribution in [3.05, 3.63) is 28.3 Å². The summed E-state index contributed by atoms with van der Waals surface area (Å²) in [4.78, 5) is 11.4. The first-order valence-electron chi connectivity index (χ1n) is 6.23. The second-order valence-corrected chi connectivity index (χ2v) is 4.83. The van der Waals surface area contributed by atoms with Crippen molar-refractivity contribution >= 4 is 11.7 Å². The van der Waals surface area contributed by atoms with Crippen LogP contribution in [0.1, 0.15) is 35.1 Å². The zero-order chi connectivity index (χ0) is 11.8. The van der Waals surface area contributed by atoms with Crippen molar-refractivity contribution in [3.63, 3.8) is 0 Å². The molecular formula is C13H17N3O. The van der Waals surface area contributed by atoms with Crippen LogP contribution < -0.4 is 16.6 Å². The van der Waals surface area contributed by atoms with Crippen LogP contribution in [-0.4, -0.2) is 6.03 Å². The van der Waals surface area contributed by atoms with Crippen LogP contribution >= 0.6 is 0 Å². The Hall–Kier alpha value is -1.55. The molecule has 0 heterocycles. The molecule has 0 spiro atoms. The summed E-state index contributed by atoms with van der Waals surface area (Å²) in [6.45, 7) is 0. The Balaban J connectivity index is 2.08. The third-order valence-corrected chi connectivity index (χ3v) is 3.84. The molecule has 1 aromatic carbocycles. The molecule has 0 radical (unpaired) electrons. The van der Waals surface area contributed by atoms with E-state index in [1.54, 1.807) is 0 Å². The molecule has 0 aliphatic heterocycles. The molecule has 0 saturated carbocycles. The van der Waals surface area contributed by atoms with Crippen LogP contribution in [0, 0.1) is 0 Å². The van der Waals surface area contributed by atoms with E-state index in [4.69, 9.17) is 5.84 Å². The average Bonchev–Trinajstić information content (AvgIpc) is 2.96. The van der Waals surface area contributed by atoms with E-state index in [1.807, 2.05) is 0 Å². The monoisotopic (exact) mass is 231 g/mol. The lowest BCUT2D eigenvalue weighted by Crippen LogP contribution is -2.35. The van der Waals surface area contributed by atoms with Crippen molar-refractivity contribution < 1.29 is 4.79 Å². The summed E-state index contributed by atoms with van der Waals surface area (Å²) in [6.07, 6.45) is 6.81. The molecule has 4 nitrogen and oxygen atoms in total. The van der Waals surface area contributed by atoms with Crippen LogP contribution in [0.2, 0.25) is 0 Å². The zero-order valence-electron chi connectivity index (χ0n) is 9.81. The van der Waals surface area contributed by atoms with E-state index in [0.717, 1.165) is 31.4 Å². The number of hydrogen-bond acceptors (Lipinski definition) is 2. The van der Waals surface area contributed by atoms with Gasteiger partial charge in [0.25, 0.3) is 0 Å². The molecule has 3 rings (SSSR count). The minimum absolute atomic E-state index is 0.320. The highest BCUT2D eigenvalue weighted by atomic mass is 16.2. The van der Waals surface area contributed by atoms with Gasteiger partial charge in [0.1, 0.15) is 0 Å². The number of rotatable bonds is 1. The fourth-order valence-corrected chi connectivity index (χ4v) is 3.12. The minimum atomic E-state index is -0.320. The molecular weight excluding hydrogens is 214 g/mol. The first kappa shape index (κ1) is 10.6. The van der Waals surface area contributed by atoms with Gasteiger partial charge >= 0.3 is 6.03 Å². The number of urea groups is 1. The van der Waals surface area contributed by atoms with E-state index in [9.17, 15) is 4.79 Å². The molecule has 4 heteroatoms. The maximum absolute atomic E-state index is 11.4. The van der Waals surface area contributed by atoms with Gasteiger partial charge in [0.2, 0.25) is 0 Å². The SMILES string of the molecule is NNC(=O)Nc1c2c(cc3c1CCC3)CCC2. The van der Waals surface area contributed by atoms with Gasteiger partial charge in [-0.2, -0.15) is 0 Å². The molecule has 0 saturated heterocycles. The van der Waals surface area contributed by atoms with Crippen LogP contribution in [0.5, 0.6) is 0 Å². The van der Waals surface area contributed by atoms with Crippen molar-refractivity contribution in [2.75, 3.05) is 5.32 Å². The largest absolute Gasteiger partial charge is 0.333 e. The Kier molecular flexibility index (Phi) is 2.52. The van der Waals surface area contributed by atoms with E-state index >= 15 is 0 Å². The van der Waals surface area contributed by atoms with E-state index in [2.05, 4.69) is 16.8 Å². The number of fused-ring (bicyclic) bond motifs is 2. The third-order valence-electron chi connectivity index (χ3n) is 3.84. The van der Waals surface area contributed by atoms with Crippen molar-refractivity contribution in [1.29, 1.82) is 0 Å². The Bertz CT molecular complexity index is 450. The van der Waals surface area contributed by atoms with Gasteiger partial charge in [0.05, 0.1) is 0 Å². The quantitative estimate of drug-likeness (QED) is 0.391. The van der Waals surface area contributed by atoms with Gasteiger partial charge in [0, 0.05) is 5.69 Å². The number of amides is 2. The van der Waals surface area contributed by atoms with Crippen LogP contribution in [-0.2, 0) is 25.7 Å². The number of hydrazine groups is 1. The highest BCUT2D eigenvalue weighted by molar-refractivity contribution is 5.91. The topological polar surface area (TPSA) is 67.1 Å². The lowest BCUT2D eigenvalue weighted by molar-refractivity contribution is 0.252. The summed E-state index contributed by atoms with van der Waals surface area (Å²) in [7, 11) is 0. The molecule has 0 atom stereocenters. The van der Waals surface area contributed by atoms with Gasteiger partial charge in [-0.05, 0) is 60.8 Å². The summed E-state index contributed by atoms with van der Waals surface area (Å²) >= 11 is 0. The molecule has 1 aromatic rings. The van der Waals surface area contributed by atoms with E-state index in [-0.39, 0.29) is 6.03 Å². The van der Waals surface area contributed by atoms with Crippen LogP contribution in [0.25, 0.3) is 0 Å². The Labute approximate surface area is 101 Å². The number of hydrogen-bond donors (Lipinski definition) is 3. The molecule has 0 fully saturated rings. The standard InChI is InChI=1S/C13H17N3O/c14-16-13(17)15-12-10-5-1-3-8(10)7-9-4-2-6-11(9)12/h7H,1-6,14H2,(H2,15,16,17). The minimum Gasteiger partial charge on any atom is -0.306 e. The van der Waals surface area contributed by atoms with Crippen molar-refractivity contribution in [1.82, 2.24) is 5.43 Å². The van der Waals surface area contributed by atoms with Crippen molar-refractivity contribution in [2.45, 2.75) is 38.5 Å². The molecule has 4 N–H and O–H groups in total. The summed E-state index contributed by atoms with van der Waals surface area (Å²) in [5, 5.41) is 2.92. The third kappa shape index (κ3) is 1.69. The fraction of sp³-hybridized carbons (Fsp3) is 0.462.